The average Bonchev–Trinajstić information content (AvgIpc) is 2.77. The quantitative estimate of drug-likeness (QED) is 0.316. The van der Waals surface area contributed by atoms with Crippen molar-refractivity contribution in [2.45, 2.75) is 117 Å². The summed E-state index contributed by atoms with van der Waals surface area (Å²) in [4.78, 5) is 12.3. The van der Waals surface area contributed by atoms with Crippen LogP contribution in [0.5, 0.6) is 0 Å². The highest BCUT2D eigenvalue weighted by atomic mass is 16.5. The fraction of sp³-hybridized carbons (Fsp3) is 0.962. The Morgan fingerprint density at radius 1 is 0.679 bits per heavy atom. The maximum Gasteiger partial charge on any atom is 0.308 e. The van der Waals surface area contributed by atoms with Gasteiger partial charge in [-0.05, 0) is 100 Å². The first-order chi connectivity index (χ1) is 13.7. The number of carbonyl (C=O) groups excluding carboxylic acids is 1. The van der Waals surface area contributed by atoms with Gasteiger partial charge >= 0.3 is 5.97 Å². The van der Waals surface area contributed by atoms with Gasteiger partial charge in [-0.15, -0.1) is 0 Å². The van der Waals surface area contributed by atoms with Crippen molar-refractivity contribution >= 4 is 5.97 Å². The van der Waals surface area contributed by atoms with E-state index in [1.807, 2.05) is 0 Å². The molecule has 0 aliphatic heterocycles. The lowest BCUT2D eigenvalue weighted by atomic mass is 9.65. The van der Waals surface area contributed by atoms with E-state index in [0.717, 1.165) is 48.9 Å². The van der Waals surface area contributed by atoms with Gasteiger partial charge in [-0.1, -0.05) is 46.0 Å². The van der Waals surface area contributed by atoms with Gasteiger partial charge in [-0.3, -0.25) is 4.79 Å². The lowest BCUT2D eigenvalue weighted by molar-refractivity contribution is -0.150. The second kappa shape index (κ2) is 11.6. The third-order valence-electron chi connectivity index (χ3n) is 8.72. The normalized spacial score (nSPS) is 36.8. The van der Waals surface area contributed by atoms with Crippen LogP contribution in [0, 0.1) is 35.5 Å². The minimum Gasteiger partial charge on any atom is -0.465 e. The molecule has 3 aliphatic rings. The van der Waals surface area contributed by atoms with Gasteiger partial charge in [0, 0.05) is 0 Å². The lowest BCUT2D eigenvalue weighted by Crippen LogP contribution is -2.31. The molecule has 0 heterocycles. The maximum atomic E-state index is 12.3. The molecule has 3 aliphatic carbocycles. The number of carbonyl (C=O) groups is 1. The molecule has 0 amide bonds. The summed E-state index contributed by atoms with van der Waals surface area (Å²) in [6.07, 6.45) is 21.4. The van der Waals surface area contributed by atoms with Crippen LogP contribution >= 0.6 is 0 Å². The van der Waals surface area contributed by atoms with Crippen molar-refractivity contribution in [3.8, 4) is 0 Å². The highest BCUT2D eigenvalue weighted by Crippen LogP contribution is 2.46. The second-order valence-corrected chi connectivity index (χ2v) is 10.4. The predicted octanol–water partition coefficient (Wildman–Crippen LogP) is 7.55. The van der Waals surface area contributed by atoms with Crippen molar-refractivity contribution in [2.75, 3.05) is 6.61 Å². The molecule has 0 aromatic carbocycles. The summed E-state index contributed by atoms with van der Waals surface area (Å²) in [5, 5.41) is 0. The maximum absolute atomic E-state index is 12.3. The zero-order valence-electron chi connectivity index (χ0n) is 18.8. The lowest BCUT2D eigenvalue weighted by Gasteiger charge is -2.41. The van der Waals surface area contributed by atoms with Crippen LogP contribution in [0.2, 0.25) is 0 Å². The molecule has 162 valence electrons. The zero-order chi connectivity index (χ0) is 19.8. The number of ether oxygens (including phenoxy) is 1. The first-order valence-electron chi connectivity index (χ1n) is 12.9. The summed E-state index contributed by atoms with van der Waals surface area (Å²) in [6, 6.07) is 0. The first kappa shape index (κ1) is 22.2. The Hall–Kier alpha value is -0.530. The van der Waals surface area contributed by atoms with Crippen molar-refractivity contribution in [3.05, 3.63) is 0 Å². The van der Waals surface area contributed by atoms with Crippen molar-refractivity contribution < 1.29 is 9.53 Å². The monoisotopic (exact) mass is 390 g/mol. The summed E-state index contributed by atoms with van der Waals surface area (Å²) >= 11 is 0. The molecule has 3 fully saturated rings. The van der Waals surface area contributed by atoms with Gasteiger partial charge in [-0.2, -0.15) is 0 Å². The van der Waals surface area contributed by atoms with Crippen LogP contribution in [0.3, 0.4) is 0 Å². The third kappa shape index (κ3) is 6.23. The molecule has 0 N–H and O–H groups in total. The van der Waals surface area contributed by atoms with Gasteiger partial charge in [-0.25, -0.2) is 0 Å². The van der Waals surface area contributed by atoms with Crippen molar-refractivity contribution in [1.29, 1.82) is 0 Å². The van der Waals surface area contributed by atoms with Gasteiger partial charge in [0.25, 0.3) is 0 Å². The Morgan fingerprint density at radius 2 is 1.14 bits per heavy atom. The highest BCUT2D eigenvalue weighted by molar-refractivity contribution is 5.72. The summed E-state index contributed by atoms with van der Waals surface area (Å²) < 4.78 is 5.52. The number of hydrogen-bond donors (Lipinski definition) is 0. The van der Waals surface area contributed by atoms with Crippen LogP contribution in [0.15, 0.2) is 0 Å². The Bertz CT molecular complexity index is 435. The van der Waals surface area contributed by atoms with E-state index >= 15 is 0 Å². The fourth-order valence-electron chi connectivity index (χ4n) is 6.62. The minimum absolute atomic E-state index is 0.0981. The molecule has 2 heteroatoms. The van der Waals surface area contributed by atoms with E-state index in [0.29, 0.717) is 6.61 Å². The molecule has 0 aromatic heterocycles. The zero-order valence-corrected chi connectivity index (χ0v) is 18.8. The van der Waals surface area contributed by atoms with E-state index in [1.165, 1.54) is 83.5 Å². The number of unbranched alkanes of at least 4 members (excludes halogenated alkanes) is 2. The largest absolute Gasteiger partial charge is 0.465 e. The van der Waals surface area contributed by atoms with Crippen LogP contribution in [0.1, 0.15) is 117 Å². The summed E-state index contributed by atoms with van der Waals surface area (Å²) in [5.41, 5.74) is 0. The van der Waals surface area contributed by atoms with Gasteiger partial charge in [0.2, 0.25) is 0 Å². The second-order valence-electron chi connectivity index (χ2n) is 10.4. The van der Waals surface area contributed by atoms with Crippen molar-refractivity contribution in [2.24, 2.45) is 35.5 Å². The van der Waals surface area contributed by atoms with Crippen molar-refractivity contribution in [1.82, 2.24) is 0 Å². The van der Waals surface area contributed by atoms with E-state index in [9.17, 15) is 4.79 Å². The Kier molecular flexibility index (Phi) is 9.18. The van der Waals surface area contributed by atoms with Crippen LogP contribution < -0.4 is 0 Å². The Balaban J connectivity index is 1.32. The summed E-state index contributed by atoms with van der Waals surface area (Å²) in [7, 11) is 0. The van der Waals surface area contributed by atoms with E-state index in [1.54, 1.807) is 0 Å². The molecule has 0 unspecified atom stereocenters. The predicted molar refractivity (Wildman–Crippen MR) is 117 cm³/mol. The molecular weight excluding hydrogens is 344 g/mol. The Labute approximate surface area is 174 Å². The van der Waals surface area contributed by atoms with Crippen LogP contribution in [-0.2, 0) is 9.53 Å². The third-order valence-corrected chi connectivity index (χ3v) is 8.72. The minimum atomic E-state index is 0.0981. The summed E-state index contributed by atoms with van der Waals surface area (Å²) in [5.74, 6) is 5.24. The molecule has 0 atom stereocenters. The highest BCUT2D eigenvalue weighted by Gasteiger charge is 2.35. The molecular formula is C26H46O2. The van der Waals surface area contributed by atoms with Crippen molar-refractivity contribution in [3.63, 3.8) is 0 Å². The number of hydrogen-bond acceptors (Lipinski definition) is 2. The van der Waals surface area contributed by atoms with Gasteiger partial charge < -0.3 is 4.74 Å². The molecule has 3 saturated carbocycles. The SMILES string of the molecule is CCCCCOC(=O)C1CCC(C2CCC(C3CCC(CC)CC3)CC2)CC1. The number of esters is 1. The molecule has 3 rings (SSSR count). The van der Waals surface area contributed by atoms with Crippen LogP contribution in [0.25, 0.3) is 0 Å². The molecule has 2 nitrogen and oxygen atoms in total. The topological polar surface area (TPSA) is 26.3 Å². The first-order valence-corrected chi connectivity index (χ1v) is 12.9. The van der Waals surface area contributed by atoms with Gasteiger partial charge in [0.15, 0.2) is 0 Å². The van der Waals surface area contributed by atoms with E-state index in [-0.39, 0.29) is 11.9 Å². The van der Waals surface area contributed by atoms with E-state index in [4.69, 9.17) is 4.74 Å². The molecule has 0 saturated heterocycles. The van der Waals surface area contributed by atoms with E-state index in [2.05, 4.69) is 13.8 Å². The molecule has 28 heavy (non-hydrogen) atoms. The fourth-order valence-corrected chi connectivity index (χ4v) is 6.62. The average molecular weight is 391 g/mol. The van der Waals surface area contributed by atoms with Crippen LogP contribution in [-0.4, -0.2) is 12.6 Å². The van der Waals surface area contributed by atoms with Crippen LogP contribution in [0.4, 0.5) is 0 Å². The van der Waals surface area contributed by atoms with E-state index < -0.39 is 0 Å². The molecule has 0 radical (unpaired) electrons. The molecule has 0 bridgehead atoms. The van der Waals surface area contributed by atoms with Gasteiger partial charge in [0.1, 0.15) is 0 Å². The Morgan fingerprint density at radius 3 is 1.61 bits per heavy atom. The molecule has 0 aromatic rings. The van der Waals surface area contributed by atoms with Gasteiger partial charge in [0.05, 0.1) is 12.5 Å². The summed E-state index contributed by atoms with van der Waals surface area (Å²) in [6.45, 7) is 5.20. The molecule has 0 spiro atoms. The smallest absolute Gasteiger partial charge is 0.308 e. The standard InChI is InChI=1S/C26H46O2/c1-3-5-6-19-28-26(27)25-17-15-24(16-18-25)23-13-11-22(12-14-23)21-9-7-20(4-2)8-10-21/h20-25H,3-19H2,1-2H3. The number of rotatable bonds is 8.